The summed E-state index contributed by atoms with van der Waals surface area (Å²) in [6.07, 6.45) is 0.661. The van der Waals surface area contributed by atoms with E-state index in [9.17, 15) is 8.42 Å². The second-order valence-corrected chi connectivity index (χ2v) is 7.71. The van der Waals surface area contributed by atoms with E-state index in [1.54, 1.807) is 6.92 Å². The highest BCUT2D eigenvalue weighted by Crippen LogP contribution is 2.17. The smallest absolute Gasteiger partial charge is 0.150 e. The summed E-state index contributed by atoms with van der Waals surface area (Å²) in [6, 6.07) is 8.35. The second kappa shape index (κ2) is 7.26. The number of hydrogen-bond acceptors (Lipinski definition) is 3. The lowest BCUT2D eigenvalue weighted by Gasteiger charge is -2.14. The molecule has 18 heavy (non-hydrogen) atoms. The summed E-state index contributed by atoms with van der Waals surface area (Å²) in [5, 5.41) is 3.34. The molecular weight excluding hydrogens is 314 g/mol. The maximum absolute atomic E-state index is 11.3. The van der Waals surface area contributed by atoms with Crippen LogP contribution in [-0.4, -0.2) is 26.5 Å². The third-order valence-corrected chi connectivity index (χ3v) is 5.15. The normalized spacial score (nSPS) is 13.5. The lowest BCUT2D eigenvalue weighted by molar-refractivity contribution is 0.560. The predicted molar refractivity (Wildman–Crippen MR) is 79.5 cm³/mol. The van der Waals surface area contributed by atoms with Crippen molar-refractivity contribution in [3.05, 3.63) is 34.3 Å². The van der Waals surface area contributed by atoms with E-state index in [2.05, 4.69) is 40.3 Å². The Morgan fingerprint density at radius 3 is 2.72 bits per heavy atom. The molecule has 0 heterocycles. The summed E-state index contributed by atoms with van der Waals surface area (Å²) in [7, 11) is -2.84. The van der Waals surface area contributed by atoms with Gasteiger partial charge in [0.1, 0.15) is 9.84 Å². The molecule has 0 saturated carbocycles. The van der Waals surface area contributed by atoms with Crippen molar-refractivity contribution in [3.63, 3.8) is 0 Å². The highest BCUT2D eigenvalue weighted by Gasteiger charge is 2.08. The predicted octanol–water partition coefficient (Wildman–Crippen LogP) is 2.92. The van der Waals surface area contributed by atoms with Crippen LogP contribution in [0.1, 0.15) is 31.9 Å². The monoisotopic (exact) mass is 333 g/mol. The average molecular weight is 334 g/mol. The van der Waals surface area contributed by atoms with Crippen molar-refractivity contribution >= 4 is 25.8 Å². The molecule has 1 atom stereocenters. The Morgan fingerprint density at radius 2 is 2.11 bits per heavy atom. The van der Waals surface area contributed by atoms with Gasteiger partial charge in [0.25, 0.3) is 0 Å². The van der Waals surface area contributed by atoms with Crippen LogP contribution in [0.3, 0.4) is 0 Å². The highest BCUT2D eigenvalue weighted by molar-refractivity contribution is 9.10. The molecule has 0 aliphatic carbocycles. The zero-order valence-corrected chi connectivity index (χ0v) is 13.2. The molecule has 1 rings (SSSR count). The van der Waals surface area contributed by atoms with E-state index in [0.717, 1.165) is 4.47 Å². The molecule has 3 nitrogen and oxygen atoms in total. The number of hydrogen-bond donors (Lipinski definition) is 1. The van der Waals surface area contributed by atoms with Gasteiger partial charge in [0.05, 0.1) is 5.75 Å². The van der Waals surface area contributed by atoms with Crippen molar-refractivity contribution in [2.24, 2.45) is 0 Å². The van der Waals surface area contributed by atoms with Gasteiger partial charge in [-0.3, -0.25) is 0 Å². The number of halogens is 1. The first-order chi connectivity index (χ1) is 8.44. The van der Waals surface area contributed by atoms with Gasteiger partial charge in [-0.15, -0.1) is 0 Å². The average Bonchev–Trinajstić information content (AvgIpc) is 2.34. The van der Waals surface area contributed by atoms with Crippen molar-refractivity contribution < 1.29 is 8.42 Å². The van der Waals surface area contributed by atoms with E-state index >= 15 is 0 Å². The van der Waals surface area contributed by atoms with Crippen LogP contribution in [0.15, 0.2) is 28.7 Å². The van der Waals surface area contributed by atoms with Gasteiger partial charge in [0.2, 0.25) is 0 Å². The lowest BCUT2D eigenvalue weighted by Crippen LogP contribution is -2.22. The van der Waals surface area contributed by atoms with Crippen LogP contribution in [0, 0.1) is 0 Å². The molecule has 0 radical (unpaired) electrons. The van der Waals surface area contributed by atoms with E-state index in [1.165, 1.54) is 5.56 Å². The van der Waals surface area contributed by atoms with Gasteiger partial charge >= 0.3 is 0 Å². The van der Waals surface area contributed by atoms with Gasteiger partial charge in [-0.1, -0.05) is 35.0 Å². The summed E-state index contributed by atoms with van der Waals surface area (Å²) in [5.74, 6) is 0.496. The van der Waals surface area contributed by atoms with E-state index < -0.39 is 9.84 Å². The molecule has 0 aromatic heterocycles. The van der Waals surface area contributed by atoms with Crippen molar-refractivity contribution in [1.29, 1.82) is 0 Å². The van der Waals surface area contributed by atoms with E-state index in [4.69, 9.17) is 0 Å². The summed E-state index contributed by atoms with van der Waals surface area (Å²) in [6.45, 7) is 4.48. The Labute approximate surface area is 118 Å². The lowest BCUT2D eigenvalue weighted by atomic mass is 10.1. The van der Waals surface area contributed by atoms with Crippen molar-refractivity contribution in [1.82, 2.24) is 5.32 Å². The Bertz CT molecular complexity index is 474. The molecular formula is C13H20BrNO2S. The number of benzene rings is 1. The zero-order chi connectivity index (χ0) is 13.6. The zero-order valence-electron chi connectivity index (χ0n) is 10.8. The van der Waals surface area contributed by atoms with Gasteiger partial charge in [0.15, 0.2) is 0 Å². The van der Waals surface area contributed by atoms with Gasteiger partial charge in [-0.2, -0.15) is 0 Å². The molecule has 0 bridgehead atoms. The van der Waals surface area contributed by atoms with E-state index in [1.807, 2.05) is 12.1 Å². The molecule has 0 amide bonds. The maximum Gasteiger partial charge on any atom is 0.150 e. The van der Waals surface area contributed by atoms with Gasteiger partial charge in [-0.05, 0) is 37.6 Å². The Hall–Kier alpha value is -0.390. The van der Waals surface area contributed by atoms with Crippen LogP contribution in [0.4, 0.5) is 0 Å². The molecule has 1 aromatic carbocycles. The minimum Gasteiger partial charge on any atom is -0.310 e. The molecule has 5 heteroatoms. The largest absolute Gasteiger partial charge is 0.310 e. The number of rotatable bonds is 7. The fourth-order valence-corrected chi connectivity index (χ4v) is 2.94. The molecule has 0 fully saturated rings. The quantitative estimate of drug-likeness (QED) is 0.780. The van der Waals surface area contributed by atoms with Gasteiger partial charge in [-0.25, -0.2) is 8.42 Å². The van der Waals surface area contributed by atoms with Gasteiger partial charge in [0, 0.05) is 16.3 Å². The summed E-state index contributed by atoms with van der Waals surface area (Å²) < 4.78 is 23.7. The third-order valence-electron chi connectivity index (χ3n) is 2.87. The fourth-order valence-electron chi connectivity index (χ4n) is 1.65. The maximum atomic E-state index is 11.3. The van der Waals surface area contributed by atoms with E-state index in [0.29, 0.717) is 13.0 Å². The molecule has 0 spiro atoms. The van der Waals surface area contributed by atoms with Crippen molar-refractivity contribution in [2.75, 3.05) is 18.1 Å². The molecule has 0 saturated heterocycles. The van der Waals surface area contributed by atoms with Crippen molar-refractivity contribution in [3.8, 4) is 0 Å². The Kier molecular flexibility index (Phi) is 6.32. The molecule has 0 unspecified atom stereocenters. The first kappa shape index (κ1) is 15.7. The third kappa shape index (κ3) is 5.50. The molecule has 0 aliphatic rings. The second-order valence-electron chi connectivity index (χ2n) is 4.32. The topological polar surface area (TPSA) is 46.2 Å². The molecule has 1 N–H and O–H groups in total. The van der Waals surface area contributed by atoms with Crippen LogP contribution in [0.2, 0.25) is 0 Å². The molecule has 0 aliphatic heterocycles. The fraction of sp³-hybridized carbons (Fsp3) is 0.538. The SMILES string of the molecule is CCS(=O)(=O)CCCN[C@H](C)c1cccc(Br)c1. The first-order valence-electron chi connectivity index (χ1n) is 6.14. The standard InChI is InChI=1S/C13H20BrNO2S/c1-3-18(16,17)9-5-8-15-11(2)12-6-4-7-13(14)10-12/h4,6-7,10-11,15H,3,5,8-9H2,1-2H3/t11-/m1/s1. The highest BCUT2D eigenvalue weighted by atomic mass is 79.9. The Balaban J connectivity index is 2.36. The molecule has 1 aromatic rings. The molecule has 102 valence electrons. The van der Waals surface area contributed by atoms with Crippen molar-refractivity contribution in [2.45, 2.75) is 26.3 Å². The minimum absolute atomic E-state index is 0.229. The summed E-state index contributed by atoms with van der Waals surface area (Å²) in [5.41, 5.74) is 1.20. The van der Waals surface area contributed by atoms with Crippen LogP contribution in [-0.2, 0) is 9.84 Å². The van der Waals surface area contributed by atoms with Crippen LogP contribution < -0.4 is 5.32 Å². The van der Waals surface area contributed by atoms with Crippen LogP contribution in [0.5, 0.6) is 0 Å². The summed E-state index contributed by atoms with van der Waals surface area (Å²) >= 11 is 3.44. The Morgan fingerprint density at radius 1 is 1.39 bits per heavy atom. The van der Waals surface area contributed by atoms with Crippen LogP contribution in [0.25, 0.3) is 0 Å². The number of nitrogens with one attached hydrogen (secondary N) is 1. The summed E-state index contributed by atoms with van der Waals surface area (Å²) in [4.78, 5) is 0. The number of sulfone groups is 1. The van der Waals surface area contributed by atoms with Gasteiger partial charge < -0.3 is 5.32 Å². The first-order valence-corrected chi connectivity index (χ1v) is 8.75. The minimum atomic E-state index is -2.84. The van der Waals surface area contributed by atoms with E-state index in [-0.39, 0.29) is 17.5 Å². The van der Waals surface area contributed by atoms with Crippen LogP contribution >= 0.6 is 15.9 Å².